The van der Waals surface area contributed by atoms with Gasteiger partial charge in [-0.1, -0.05) is 6.07 Å². The second kappa shape index (κ2) is 12.3. The predicted molar refractivity (Wildman–Crippen MR) is 121 cm³/mol. The molecule has 2 aromatic carbocycles. The van der Waals surface area contributed by atoms with Crippen molar-refractivity contribution in [3.63, 3.8) is 0 Å². The lowest BCUT2D eigenvalue weighted by atomic mass is 10.1. The maximum Gasteiger partial charge on any atom is 0.193 e. The summed E-state index contributed by atoms with van der Waals surface area (Å²) < 4.78 is 16.4. The van der Waals surface area contributed by atoms with Crippen molar-refractivity contribution in [1.29, 1.82) is 0 Å². The average Bonchev–Trinajstić information content (AvgIpc) is 2.65. The Balaban J connectivity index is 0.00000364. The van der Waals surface area contributed by atoms with Gasteiger partial charge in [0, 0.05) is 12.2 Å². The van der Waals surface area contributed by atoms with Gasteiger partial charge in [0.15, 0.2) is 17.5 Å². The summed E-state index contributed by atoms with van der Waals surface area (Å²) in [6.45, 7) is 5.70. The van der Waals surface area contributed by atoms with Crippen LogP contribution in [0.25, 0.3) is 0 Å². The number of hydrogen-bond acceptors (Lipinski definition) is 4. The van der Waals surface area contributed by atoms with Gasteiger partial charge in [-0.3, -0.25) is 4.99 Å². The van der Waals surface area contributed by atoms with Crippen molar-refractivity contribution in [2.24, 2.45) is 10.7 Å². The normalized spacial score (nSPS) is 10.7. The van der Waals surface area contributed by atoms with Crippen LogP contribution < -0.4 is 25.3 Å². The number of benzene rings is 2. The molecule has 0 aliphatic rings. The Labute approximate surface area is 178 Å². The number of aliphatic imine (C=N–C) groups is 1. The Morgan fingerprint density at radius 3 is 2.30 bits per heavy atom. The molecule has 27 heavy (non-hydrogen) atoms. The number of halogens is 1. The molecule has 0 spiro atoms. The van der Waals surface area contributed by atoms with Gasteiger partial charge < -0.3 is 25.3 Å². The van der Waals surface area contributed by atoms with Crippen molar-refractivity contribution < 1.29 is 14.2 Å². The minimum absolute atomic E-state index is 0. The first kappa shape index (κ1) is 22.9. The summed E-state index contributed by atoms with van der Waals surface area (Å²) in [7, 11) is 1.64. The topological polar surface area (TPSA) is 78.1 Å². The smallest absolute Gasteiger partial charge is 0.193 e. The predicted octanol–water partition coefficient (Wildman–Crippen LogP) is 4.08. The molecule has 0 bridgehead atoms. The van der Waals surface area contributed by atoms with Crippen LogP contribution in [0.5, 0.6) is 17.2 Å². The van der Waals surface area contributed by atoms with E-state index in [1.54, 1.807) is 7.11 Å². The Hall–Kier alpha value is -2.16. The minimum Gasteiger partial charge on any atom is -0.497 e. The van der Waals surface area contributed by atoms with Gasteiger partial charge in [-0.2, -0.15) is 0 Å². The highest BCUT2D eigenvalue weighted by atomic mass is 127. The number of guanidine groups is 1. The third-order valence-electron chi connectivity index (χ3n) is 3.65. The molecule has 0 fully saturated rings. The maximum atomic E-state index is 5.94. The first-order valence-corrected chi connectivity index (χ1v) is 8.75. The highest BCUT2D eigenvalue weighted by molar-refractivity contribution is 14.0. The Bertz CT molecular complexity index is 721. The van der Waals surface area contributed by atoms with E-state index in [0.29, 0.717) is 25.7 Å². The fourth-order valence-corrected chi connectivity index (χ4v) is 2.42. The SMILES string of the molecule is CCOc1ccc(CCN=C(N)Nc2ccc(OC)cc2)cc1OCC.I. The Morgan fingerprint density at radius 2 is 1.67 bits per heavy atom. The highest BCUT2D eigenvalue weighted by Gasteiger charge is 2.06. The molecule has 0 aliphatic carbocycles. The monoisotopic (exact) mass is 485 g/mol. The first-order chi connectivity index (χ1) is 12.7. The van der Waals surface area contributed by atoms with Crippen LogP contribution in [0.1, 0.15) is 19.4 Å². The lowest BCUT2D eigenvalue weighted by Crippen LogP contribution is -2.23. The third-order valence-corrected chi connectivity index (χ3v) is 3.65. The van der Waals surface area contributed by atoms with E-state index in [1.165, 1.54) is 0 Å². The number of hydrogen-bond donors (Lipinski definition) is 2. The van der Waals surface area contributed by atoms with E-state index in [2.05, 4.69) is 10.3 Å². The van der Waals surface area contributed by atoms with E-state index in [0.717, 1.165) is 34.9 Å². The molecule has 148 valence electrons. The fraction of sp³-hybridized carbons (Fsp3) is 0.350. The number of nitrogens with two attached hydrogens (primary N) is 1. The summed E-state index contributed by atoms with van der Waals surface area (Å²) in [5, 5.41) is 3.06. The van der Waals surface area contributed by atoms with Gasteiger partial charge >= 0.3 is 0 Å². The summed E-state index contributed by atoms with van der Waals surface area (Å²) in [5.41, 5.74) is 7.94. The summed E-state index contributed by atoms with van der Waals surface area (Å²) in [6, 6.07) is 13.5. The van der Waals surface area contributed by atoms with E-state index < -0.39 is 0 Å². The lowest BCUT2D eigenvalue weighted by Gasteiger charge is -2.12. The maximum absolute atomic E-state index is 5.94. The molecule has 0 atom stereocenters. The van der Waals surface area contributed by atoms with E-state index in [-0.39, 0.29) is 24.0 Å². The van der Waals surface area contributed by atoms with Crippen LogP contribution in [0.3, 0.4) is 0 Å². The molecule has 3 N–H and O–H groups in total. The van der Waals surface area contributed by atoms with Gasteiger partial charge in [0.25, 0.3) is 0 Å². The molecule has 0 saturated heterocycles. The highest BCUT2D eigenvalue weighted by Crippen LogP contribution is 2.28. The van der Waals surface area contributed by atoms with Crippen LogP contribution in [-0.2, 0) is 6.42 Å². The molecular formula is C20H28IN3O3. The number of anilines is 1. The summed E-state index contributed by atoms with van der Waals surface area (Å²) in [4.78, 5) is 4.37. The number of methoxy groups -OCH3 is 1. The molecule has 2 aromatic rings. The van der Waals surface area contributed by atoms with E-state index in [4.69, 9.17) is 19.9 Å². The van der Waals surface area contributed by atoms with Crippen molar-refractivity contribution in [2.75, 3.05) is 32.2 Å². The number of nitrogens with zero attached hydrogens (tertiary/aromatic N) is 1. The lowest BCUT2D eigenvalue weighted by molar-refractivity contribution is 0.287. The van der Waals surface area contributed by atoms with Crippen LogP contribution in [0.15, 0.2) is 47.5 Å². The van der Waals surface area contributed by atoms with Crippen molar-refractivity contribution in [3.05, 3.63) is 48.0 Å². The van der Waals surface area contributed by atoms with Crippen LogP contribution >= 0.6 is 24.0 Å². The zero-order valence-electron chi connectivity index (χ0n) is 16.0. The van der Waals surface area contributed by atoms with Crippen molar-refractivity contribution in [3.8, 4) is 17.2 Å². The van der Waals surface area contributed by atoms with Gasteiger partial charge in [0.1, 0.15) is 5.75 Å². The van der Waals surface area contributed by atoms with Gasteiger partial charge in [-0.25, -0.2) is 0 Å². The van der Waals surface area contributed by atoms with Crippen LogP contribution in [-0.4, -0.2) is 32.8 Å². The van der Waals surface area contributed by atoms with Gasteiger partial charge in [0.2, 0.25) is 0 Å². The van der Waals surface area contributed by atoms with Crippen molar-refractivity contribution in [2.45, 2.75) is 20.3 Å². The zero-order chi connectivity index (χ0) is 18.8. The molecule has 0 aromatic heterocycles. The van der Waals surface area contributed by atoms with Gasteiger partial charge in [0.05, 0.1) is 20.3 Å². The molecule has 0 unspecified atom stereocenters. The summed E-state index contributed by atoms with van der Waals surface area (Å²) >= 11 is 0. The van der Waals surface area contributed by atoms with E-state index in [9.17, 15) is 0 Å². The largest absolute Gasteiger partial charge is 0.497 e. The number of nitrogens with one attached hydrogen (secondary N) is 1. The summed E-state index contributed by atoms with van der Waals surface area (Å²) in [5.74, 6) is 2.71. The number of rotatable bonds is 9. The third kappa shape index (κ3) is 7.54. The second-order valence-electron chi connectivity index (χ2n) is 5.52. The van der Waals surface area contributed by atoms with Crippen molar-refractivity contribution in [1.82, 2.24) is 0 Å². The fourth-order valence-electron chi connectivity index (χ4n) is 2.42. The molecule has 0 radical (unpaired) electrons. The van der Waals surface area contributed by atoms with E-state index >= 15 is 0 Å². The Kier molecular flexibility index (Phi) is 10.4. The Morgan fingerprint density at radius 1 is 1.00 bits per heavy atom. The molecule has 0 heterocycles. The quantitative estimate of drug-likeness (QED) is 0.318. The second-order valence-corrected chi connectivity index (χ2v) is 5.52. The zero-order valence-corrected chi connectivity index (χ0v) is 18.4. The van der Waals surface area contributed by atoms with Crippen LogP contribution in [0.2, 0.25) is 0 Å². The molecule has 0 amide bonds. The molecular weight excluding hydrogens is 457 g/mol. The van der Waals surface area contributed by atoms with Crippen LogP contribution in [0, 0.1) is 0 Å². The van der Waals surface area contributed by atoms with E-state index in [1.807, 2.05) is 56.3 Å². The first-order valence-electron chi connectivity index (χ1n) is 8.75. The van der Waals surface area contributed by atoms with Crippen LogP contribution in [0.4, 0.5) is 5.69 Å². The average molecular weight is 485 g/mol. The molecule has 0 aliphatic heterocycles. The molecule has 7 heteroatoms. The molecule has 6 nitrogen and oxygen atoms in total. The van der Waals surface area contributed by atoms with Gasteiger partial charge in [-0.05, 0) is 62.2 Å². The van der Waals surface area contributed by atoms with Gasteiger partial charge in [-0.15, -0.1) is 24.0 Å². The standard InChI is InChI=1S/C20H27N3O3.HI/c1-4-25-18-11-6-15(14-19(18)26-5-2)12-13-22-20(21)23-16-7-9-17(24-3)10-8-16;/h6-11,14H,4-5,12-13H2,1-3H3,(H3,21,22,23);1H. The minimum atomic E-state index is 0. The number of ether oxygens (including phenoxy) is 3. The molecule has 2 rings (SSSR count). The summed E-state index contributed by atoms with van der Waals surface area (Å²) in [6.07, 6.45) is 0.761. The van der Waals surface area contributed by atoms with Crippen molar-refractivity contribution >= 4 is 35.6 Å². The molecule has 0 saturated carbocycles.